The number of amides is 1. The molecule has 1 aliphatic heterocycles. The van der Waals surface area contributed by atoms with E-state index < -0.39 is 5.92 Å². The normalized spacial score (nSPS) is 17.5. The molecule has 0 fully saturated rings. The summed E-state index contributed by atoms with van der Waals surface area (Å²) in [5.74, 6) is 5.12. The number of hydrazine groups is 1. The highest BCUT2D eigenvalue weighted by molar-refractivity contribution is 6.42. The van der Waals surface area contributed by atoms with Crippen LogP contribution in [0.2, 0.25) is 15.1 Å². The first-order valence-electron chi connectivity index (χ1n) is 5.82. The molecule has 0 radical (unpaired) electrons. The molecule has 1 atom stereocenters. The molecule has 2 aromatic carbocycles. The summed E-state index contributed by atoms with van der Waals surface area (Å²) in [5, 5.41) is 2.48. The second-order valence-corrected chi connectivity index (χ2v) is 5.77. The Morgan fingerprint density at radius 2 is 1.60 bits per heavy atom. The summed E-state index contributed by atoms with van der Waals surface area (Å²) in [6, 6.07) is 10.4. The van der Waals surface area contributed by atoms with Crippen molar-refractivity contribution in [2.45, 2.75) is 5.92 Å². The number of carbonyl (C=O) groups excluding carboxylic acids is 1. The molecule has 1 heterocycles. The van der Waals surface area contributed by atoms with E-state index in [1.807, 2.05) is 0 Å². The molecular formula is C14H9Cl3N2O. The van der Waals surface area contributed by atoms with Crippen molar-refractivity contribution in [3.8, 4) is 0 Å². The number of nitrogens with zero attached hydrogens (tertiary/aromatic N) is 1. The Morgan fingerprint density at radius 3 is 2.25 bits per heavy atom. The SMILES string of the molecule is NN1C(=O)C(c2ccc(Cl)cc2)c2cc(Cl)c(Cl)cc21. The molecule has 2 N–H and O–H groups in total. The number of carbonyl (C=O) groups is 1. The van der Waals surface area contributed by atoms with Gasteiger partial charge in [-0.3, -0.25) is 4.79 Å². The molecule has 0 saturated heterocycles. The maximum atomic E-state index is 12.4. The quantitative estimate of drug-likeness (QED) is 0.635. The highest BCUT2D eigenvalue weighted by Gasteiger charge is 2.37. The number of nitrogens with two attached hydrogens (primary N) is 1. The Hall–Kier alpha value is -1.26. The molecule has 0 bridgehead atoms. The molecule has 1 amide bonds. The lowest BCUT2D eigenvalue weighted by atomic mass is 9.93. The van der Waals surface area contributed by atoms with Crippen LogP contribution in [0.5, 0.6) is 0 Å². The van der Waals surface area contributed by atoms with E-state index >= 15 is 0 Å². The number of rotatable bonds is 1. The average molecular weight is 328 g/mol. The third-order valence-corrected chi connectivity index (χ3v) is 4.30. The molecule has 3 nitrogen and oxygen atoms in total. The molecule has 6 heteroatoms. The summed E-state index contributed by atoms with van der Waals surface area (Å²) in [4.78, 5) is 12.4. The van der Waals surface area contributed by atoms with Gasteiger partial charge in [-0.2, -0.15) is 0 Å². The fraction of sp³-hybridized carbons (Fsp3) is 0.0714. The molecule has 102 valence electrons. The van der Waals surface area contributed by atoms with Gasteiger partial charge in [0.1, 0.15) is 0 Å². The molecule has 0 aliphatic carbocycles. The fourth-order valence-electron chi connectivity index (χ4n) is 2.36. The Bertz CT molecular complexity index is 700. The first-order chi connectivity index (χ1) is 9.49. The summed E-state index contributed by atoms with van der Waals surface area (Å²) in [6.07, 6.45) is 0. The van der Waals surface area contributed by atoms with Crippen molar-refractivity contribution in [3.05, 3.63) is 62.6 Å². The lowest BCUT2D eigenvalue weighted by Gasteiger charge is -2.11. The van der Waals surface area contributed by atoms with E-state index in [1.54, 1.807) is 36.4 Å². The zero-order valence-electron chi connectivity index (χ0n) is 10.1. The minimum absolute atomic E-state index is 0.222. The van der Waals surface area contributed by atoms with E-state index in [-0.39, 0.29) is 5.91 Å². The van der Waals surface area contributed by atoms with Gasteiger partial charge in [-0.25, -0.2) is 10.9 Å². The van der Waals surface area contributed by atoms with Crippen molar-refractivity contribution in [2.75, 3.05) is 5.01 Å². The van der Waals surface area contributed by atoms with Gasteiger partial charge in [-0.15, -0.1) is 0 Å². The van der Waals surface area contributed by atoms with Gasteiger partial charge in [-0.1, -0.05) is 46.9 Å². The lowest BCUT2D eigenvalue weighted by molar-refractivity contribution is -0.118. The second-order valence-electron chi connectivity index (χ2n) is 4.52. The van der Waals surface area contributed by atoms with Crippen molar-refractivity contribution in [1.29, 1.82) is 0 Å². The van der Waals surface area contributed by atoms with E-state index in [0.717, 1.165) is 16.1 Å². The zero-order chi connectivity index (χ0) is 14.4. The van der Waals surface area contributed by atoms with E-state index in [4.69, 9.17) is 40.6 Å². The van der Waals surface area contributed by atoms with Gasteiger partial charge in [0, 0.05) is 5.02 Å². The molecule has 0 spiro atoms. The average Bonchev–Trinajstić information content (AvgIpc) is 2.65. The molecule has 0 saturated carbocycles. The summed E-state index contributed by atoms with van der Waals surface area (Å²) < 4.78 is 0. The third kappa shape index (κ3) is 2.07. The van der Waals surface area contributed by atoms with Crippen molar-refractivity contribution in [1.82, 2.24) is 0 Å². The lowest BCUT2D eigenvalue weighted by Crippen LogP contribution is -2.35. The highest BCUT2D eigenvalue weighted by Crippen LogP contribution is 2.43. The minimum atomic E-state index is -0.484. The predicted molar refractivity (Wildman–Crippen MR) is 81.4 cm³/mol. The van der Waals surface area contributed by atoms with Crippen LogP contribution in [-0.2, 0) is 4.79 Å². The Kier molecular flexibility index (Phi) is 3.38. The molecule has 0 aromatic heterocycles. The van der Waals surface area contributed by atoms with Gasteiger partial charge in [0.15, 0.2) is 0 Å². The zero-order valence-corrected chi connectivity index (χ0v) is 12.4. The summed E-state index contributed by atoms with van der Waals surface area (Å²) in [5.41, 5.74) is 2.13. The van der Waals surface area contributed by atoms with E-state index in [1.165, 1.54) is 0 Å². The first-order valence-corrected chi connectivity index (χ1v) is 6.95. The highest BCUT2D eigenvalue weighted by atomic mass is 35.5. The molecule has 1 unspecified atom stereocenters. The van der Waals surface area contributed by atoms with Crippen LogP contribution >= 0.6 is 34.8 Å². The van der Waals surface area contributed by atoms with Crippen LogP contribution < -0.4 is 10.9 Å². The van der Waals surface area contributed by atoms with Crippen LogP contribution in [0.15, 0.2) is 36.4 Å². The van der Waals surface area contributed by atoms with Gasteiger partial charge in [-0.05, 0) is 35.4 Å². The fourth-order valence-corrected chi connectivity index (χ4v) is 2.82. The topological polar surface area (TPSA) is 46.3 Å². The summed E-state index contributed by atoms with van der Waals surface area (Å²) in [7, 11) is 0. The Balaban J connectivity index is 2.17. The van der Waals surface area contributed by atoms with Crippen LogP contribution in [0.3, 0.4) is 0 Å². The van der Waals surface area contributed by atoms with Gasteiger partial charge in [0.2, 0.25) is 0 Å². The van der Waals surface area contributed by atoms with Gasteiger partial charge in [0.05, 0.1) is 21.7 Å². The maximum Gasteiger partial charge on any atom is 0.253 e. The van der Waals surface area contributed by atoms with Crippen LogP contribution in [0.4, 0.5) is 5.69 Å². The predicted octanol–water partition coefficient (Wildman–Crippen LogP) is 4.00. The van der Waals surface area contributed by atoms with Crippen LogP contribution in [0.25, 0.3) is 0 Å². The van der Waals surface area contributed by atoms with E-state index in [9.17, 15) is 4.79 Å². The number of benzene rings is 2. The molecule has 3 rings (SSSR count). The maximum absolute atomic E-state index is 12.4. The van der Waals surface area contributed by atoms with Crippen molar-refractivity contribution < 1.29 is 4.79 Å². The Morgan fingerprint density at radius 1 is 1.00 bits per heavy atom. The molecular weight excluding hydrogens is 319 g/mol. The minimum Gasteiger partial charge on any atom is -0.272 e. The largest absolute Gasteiger partial charge is 0.272 e. The van der Waals surface area contributed by atoms with Crippen molar-refractivity contribution in [3.63, 3.8) is 0 Å². The number of halogens is 3. The van der Waals surface area contributed by atoms with Crippen molar-refractivity contribution >= 4 is 46.4 Å². The van der Waals surface area contributed by atoms with E-state index in [0.29, 0.717) is 20.8 Å². The third-order valence-electron chi connectivity index (χ3n) is 3.33. The first kappa shape index (κ1) is 13.7. The van der Waals surface area contributed by atoms with Gasteiger partial charge in [0.25, 0.3) is 5.91 Å². The number of hydrogen-bond acceptors (Lipinski definition) is 2. The van der Waals surface area contributed by atoms with Crippen LogP contribution in [-0.4, -0.2) is 5.91 Å². The Labute approximate surface area is 130 Å². The van der Waals surface area contributed by atoms with Crippen LogP contribution in [0, 0.1) is 0 Å². The number of fused-ring (bicyclic) bond motifs is 1. The van der Waals surface area contributed by atoms with E-state index in [2.05, 4.69) is 0 Å². The molecule has 1 aliphatic rings. The molecule has 20 heavy (non-hydrogen) atoms. The smallest absolute Gasteiger partial charge is 0.253 e. The summed E-state index contributed by atoms with van der Waals surface area (Å²) in [6.45, 7) is 0. The van der Waals surface area contributed by atoms with Crippen molar-refractivity contribution in [2.24, 2.45) is 5.84 Å². The summed E-state index contributed by atoms with van der Waals surface area (Å²) >= 11 is 17.9. The monoisotopic (exact) mass is 326 g/mol. The van der Waals surface area contributed by atoms with Gasteiger partial charge >= 0.3 is 0 Å². The number of hydrogen-bond donors (Lipinski definition) is 1. The second kappa shape index (κ2) is 4.93. The number of anilines is 1. The van der Waals surface area contributed by atoms with Crippen LogP contribution in [0.1, 0.15) is 17.0 Å². The van der Waals surface area contributed by atoms with Gasteiger partial charge < -0.3 is 0 Å². The molecule has 2 aromatic rings. The standard InChI is InChI=1S/C14H9Cl3N2O/c15-8-3-1-7(2-4-8)13-9-5-10(16)11(17)6-12(9)19(18)14(13)20/h1-6,13H,18H2.